The largest absolute Gasteiger partial charge is 0.299 e. The van der Waals surface area contributed by atoms with Gasteiger partial charge in [-0.3, -0.25) is 4.90 Å². The van der Waals surface area contributed by atoms with Crippen LogP contribution in [0.25, 0.3) is 0 Å². The number of piperidine rings is 1. The molecular formula is C23H26ClFN4O2S. The van der Waals surface area contributed by atoms with E-state index in [4.69, 9.17) is 11.6 Å². The molecule has 32 heavy (non-hydrogen) atoms. The van der Waals surface area contributed by atoms with E-state index in [0.29, 0.717) is 31.1 Å². The molecule has 1 N–H and O–H groups in total. The van der Waals surface area contributed by atoms with Gasteiger partial charge in [0.05, 0.1) is 17.1 Å². The van der Waals surface area contributed by atoms with Crippen molar-refractivity contribution in [3.63, 3.8) is 0 Å². The highest BCUT2D eigenvalue weighted by molar-refractivity contribution is 7.89. The van der Waals surface area contributed by atoms with E-state index >= 15 is 0 Å². The van der Waals surface area contributed by atoms with Crippen LogP contribution in [0.5, 0.6) is 0 Å². The molecule has 3 aromatic rings. The van der Waals surface area contributed by atoms with Crippen molar-refractivity contribution in [2.45, 2.75) is 43.8 Å². The molecule has 9 heteroatoms. The highest BCUT2D eigenvalue weighted by Gasteiger charge is 2.26. The molecule has 170 valence electrons. The Balaban J connectivity index is 1.35. The molecule has 0 amide bonds. The van der Waals surface area contributed by atoms with Crippen molar-refractivity contribution in [1.29, 1.82) is 0 Å². The molecule has 2 heterocycles. The molecule has 0 aliphatic carbocycles. The molecular weight excluding hydrogens is 451 g/mol. The average Bonchev–Trinajstić information content (AvgIpc) is 3.03. The number of benzene rings is 2. The van der Waals surface area contributed by atoms with Gasteiger partial charge in [-0.2, -0.15) is 5.10 Å². The highest BCUT2D eigenvalue weighted by Crippen LogP contribution is 2.24. The van der Waals surface area contributed by atoms with Crippen molar-refractivity contribution in [2.24, 2.45) is 0 Å². The van der Waals surface area contributed by atoms with Gasteiger partial charge < -0.3 is 0 Å². The number of aryl methyl sites for hydroxylation is 1. The molecule has 4 rings (SSSR count). The van der Waals surface area contributed by atoms with Gasteiger partial charge in [-0.05, 0) is 49.6 Å². The van der Waals surface area contributed by atoms with Crippen LogP contribution < -0.4 is 4.72 Å². The fourth-order valence-corrected chi connectivity index (χ4v) is 5.56. The molecule has 1 aromatic heterocycles. The van der Waals surface area contributed by atoms with E-state index in [2.05, 4.69) is 14.7 Å². The Morgan fingerprint density at radius 2 is 1.72 bits per heavy atom. The second kappa shape index (κ2) is 9.70. The summed E-state index contributed by atoms with van der Waals surface area (Å²) in [6.07, 6.45) is 1.38. The standard InChI is InChI=1S/C23H26ClFN4O2S/c1-17-22(23(24)29(26-17)15-18-5-3-2-4-6-18)16-28-13-11-20(12-14-28)27-32(30,31)21-9-7-19(25)8-10-21/h2-10,20,27H,11-16H2,1H3. The monoisotopic (exact) mass is 476 g/mol. The first-order valence-corrected chi connectivity index (χ1v) is 12.4. The minimum atomic E-state index is -3.66. The Morgan fingerprint density at radius 1 is 1.06 bits per heavy atom. The predicted molar refractivity (Wildman–Crippen MR) is 123 cm³/mol. The zero-order valence-electron chi connectivity index (χ0n) is 17.8. The van der Waals surface area contributed by atoms with Gasteiger partial charge in [0.25, 0.3) is 0 Å². The molecule has 2 aromatic carbocycles. The summed E-state index contributed by atoms with van der Waals surface area (Å²) in [5.74, 6) is -0.460. The summed E-state index contributed by atoms with van der Waals surface area (Å²) >= 11 is 6.65. The normalized spacial score (nSPS) is 15.8. The van der Waals surface area contributed by atoms with Crippen molar-refractivity contribution in [1.82, 2.24) is 19.4 Å². The van der Waals surface area contributed by atoms with Crippen LogP contribution in [-0.2, 0) is 23.1 Å². The molecule has 1 saturated heterocycles. The van der Waals surface area contributed by atoms with E-state index in [0.717, 1.165) is 42.0 Å². The summed E-state index contributed by atoms with van der Waals surface area (Å²) in [6, 6.07) is 14.8. The van der Waals surface area contributed by atoms with Crippen LogP contribution in [0.2, 0.25) is 5.15 Å². The third-order valence-electron chi connectivity index (χ3n) is 5.77. The minimum absolute atomic E-state index is 0.0783. The first kappa shape index (κ1) is 22.9. The lowest BCUT2D eigenvalue weighted by Crippen LogP contribution is -2.44. The van der Waals surface area contributed by atoms with E-state index < -0.39 is 15.8 Å². The van der Waals surface area contributed by atoms with Gasteiger partial charge in [0, 0.05) is 31.2 Å². The molecule has 1 aliphatic rings. The van der Waals surface area contributed by atoms with E-state index in [1.54, 1.807) is 0 Å². The maximum Gasteiger partial charge on any atom is 0.240 e. The number of halogens is 2. The zero-order chi connectivity index (χ0) is 22.7. The van der Waals surface area contributed by atoms with Crippen LogP contribution in [-0.4, -0.2) is 42.2 Å². The molecule has 0 radical (unpaired) electrons. The lowest BCUT2D eigenvalue weighted by atomic mass is 10.1. The van der Waals surface area contributed by atoms with Gasteiger partial charge in [-0.1, -0.05) is 41.9 Å². The van der Waals surface area contributed by atoms with E-state index in [1.807, 2.05) is 41.9 Å². The van der Waals surface area contributed by atoms with E-state index in [9.17, 15) is 12.8 Å². The number of nitrogens with one attached hydrogen (secondary N) is 1. The molecule has 1 fully saturated rings. The first-order chi connectivity index (χ1) is 15.3. The Morgan fingerprint density at radius 3 is 2.38 bits per heavy atom. The average molecular weight is 477 g/mol. The zero-order valence-corrected chi connectivity index (χ0v) is 19.4. The third-order valence-corrected chi connectivity index (χ3v) is 7.73. The van der Waals surface area contributed by atoms with Gasteiger partial charge >= 0.3 is 0 Å². The fraction of sp³-hybridized carbons (Fsp3) is 0.348. The molecule has 0 spiro atoms. The number of hydrogen-bond donors (Lipinski definition) is 1. The van der Waals surface area contributed by atoms with Crippen molar-refractivity contribution in [2.75, 3.05) is 13.1 Å². The lowest BCUT2D eigenvalue weighted by Gasteiger charge is -2.32. The third kappa shape index (κ3) is 5.38. The van der Waals surface area contributed by atoms with Crippen molar-refractivity contribution in [3.8, 4) is 0 Å². The summed E-state index contributed by atoms with van der Waals surface area (Å²) in [5, 5.41) is 5.26. The van der Waals surface area contributed by atoms with Crippen LogP contribution in [0.3, 0.4) is 0 Å². The van der Waals surface area contributed by atoms with Gasteiger partial charge in [-0.15, -0.1) is 0 Å². The number of likely N-dealkylation sites (tertiary alicyclic amines) is 1. The summed E-state index contributed by atoms with van der Waals surface area (Å²) in [4.78, 5) is 2.35. The quantitative estimate of drug-likeness (QED) is 0.560. The number of rotatable bonds is 7. The van der Waals surface area contributed by atoms with Gasteiger partial charge in [0.1, 0.15) is 11.0 Å². The van der Waals surface area contributed by atoms with Crippen molar-refractivity contribution in [3.05, 3.63) is 82.4 Å². The molecule has 0 saturated carbocycles. The second-order valence-electron chi connectivity index (χ2n) is 8.12. The summed E-state index contributed by atoms with van der Waals surface area (Å²) in [5.41, 5.74) is 3.05. The lowest BCUT2D eigenvalue weighted by molar-refractivity contribution is 0.199. The van der Waals surface area contributed by atoms with Crippen LogP contribution in [0.15, 0.2) is 59.5 Å². The smallest absolute Gasteiger partial charge is 0.240 e. The summed E-state index contributed by atoms with van der Waals surface area (Å²) < 4.78 is 42.8. The number of sulfonamides is 1. The number of hydrogen-bond acceptors (Lipinski definition) is 4. The van der Waals surface area contributed by atoms with Gasteiger partial charge in [0.2, 0.25) is 10.0 Å². The van der Waals surface area contributed by atoms with Crippen LogP contribution >= 0.6 is 11.6 Å². The Kier molecular flexibility index (Phi) is 6.95. The van der Waals surface area contributed by atoms with Gasteiger partial charge in [-0.25, -0.2) is 22.2 Å². The van der Waals surface area contributed by atoms with Crippen LogP contribution in [0.4, 0.5) is 4.39 Å². The summed E-state index contributed by atoms with van der Waals surface area (Å²) in [7, 11) is -3.66. The van der Waals surface area contributed by atoms with Crippen LogP contribution in [0.1, 0.15) is 29.7 Å². The highest BCUT2D eigenvalue weighted by atomic mass is 35.5. The Hall–Kier alpha value is -2.26. The Labute approximate surface area is 193 Å². The van der Waals surface area contributed by atoms with E-state index in [1.165, 1.54) is 12.1 Å². The first-order valence-electron chi connectivity index (χ1n) is 10.6. The molecule has 0 bridgehead atoms. The maximum absolute atomic E-state index is 13.1. The minimum Gasteiger partial charge on any atom is -0.299 e. The molecule has 6 nitrogen and oxygen atoms in total. The summed E-state index contributed by atoms with van der Waals surface area (Å²) in [6.45, 7) is 4.75. The molecule has 0 atom stereocenters. The number of aromatic nitrogens is 2. The van der Waals surface area contributed by atoms with E-state index in [-0.39, 0.29) is 10.9 Å². The van der Waals surface area contributed by atoms with Crippen molar-refractivity contribution >= 4 is 21.6 Å². The van der Waals surface area contributed by atoms with Gasteiger partial charge in [0.15, 0.2) is 0 Å². The number of nitrogens with zero attached hydrogens (tertiary/aromatic N) is 3. The SMILES string of the molecule is Cc1nn(Cc2ccccc2)c(Cl)c1CN1CCC(NS(=O)(=O)c2ccc(F)cc2)CC1. The van der Waals surface area contributed by atoms with Crippen molar-refractivity contribution < 1.29 is 12.8 Å². The maximum atomic E-state index is 13.1. The second-order valence-corrected chi connectivity index (χ2v) is 10.2. The fourth-order valence-electron chi connectivity index (χ4n) is 3.96. The van der Waals surface area contributed by atoms with Crippen LogP contribution in [0, 0.1) is 12.7 Å². The molecule has 0 unspecified atom stereocenters. The molecule has 1 aliphatic heterocycles. The predicted octanol–water partition coefficient (Wildman–Crippen LogP) is 3.98. The topological polar surface area (TPSA) is 67.2 Å². The Bertz CT molecular complexity index is 1160.